The average molecular weight is 441 g/mol. The maximum Gasteiger partial charge on any atom is 0.210 e. The monoisotopic (exact) mass is 440 g/mol. The molecule has 3 aromatic rings. The Labute approximate surface area is 183 Å². The van der Waals surface area contributed by atoms with Gasteiger partial charge in [0.15, 0.2) is 11.5 Å². The molecule has 6 nitrogen and oxygen atoms in total. The second-order valence-electron chi connectivity index (χ2n) is 8.21. The summed E-state index contributed by atoms with van der Waals surface area (Å²) in [5.74, 6) is 1.59. The highest BCUT2D eigenvalue weighted by molar-refractivity contribution is 7.91. The standard InChI is InChI=1S/C24H28N2O4S/c1-16-7-9-18(10-8-16)31(27,28)23-14-25-20-13-22(30-4)21(29-3)12-19(20)24(23)26-11-5-6-17(2)15-26/h7-10,12-14,17H,5-6,11,15H2,1-4H3/t17-/m0/s1. The topological polar surface area (TPSA) is 68.7 Å². The van der Waals surface area contributed by atoms with Crippen LogP contribution in [-0.2, 0) is 9.84 Å². The average Bonchev–Trinajstić information content (AvgIpc) is 2.77. The largest absolute Gasteiger partial charge is 0.493 e. The van der Waals surface area contributed by atoms with Gasteiger partial charge in [-0.2, -0.15) is 0 Å². The van der Waals surface area contributed by atoms with Gasteiger partial charge in [0, 0.05) is 30.7 Å². The number of ether oxygens (including phenoxy) is 2. The predicted octanol–water partition coefficient (Wildman–Crippen LogP) is 4.63. The van der Waals surface area contributed by atoms with Crippen LogP contribution in [0.25, 0.3) is 10.9 Å². The van der Waals surface area contributed by atoms with Crippen molar-refractivity contribution in [3.63, 3.8) is 0 Å². The molecule has 2 heterocycles. The van der Waals surface area contributed by atoms with E-state index < -0.39 is 9.84 Å². The van der Waals surface area contributed by atoms with E-state index in [9.17, 15) is 8.42 Å². The zero-order valence-corrected chi connectivity index (χ0v) is 19.2. The van der Waals surface area contributed by atoms with Crippen LogP contribution in [-0.4, -0.2) is 40.7 Å². The van der Waals surface area contributed by atoms with Gasteiger partial charge in [0.05, 0.1) is 30.3 Å². The van der Waals surface area contributed by atoms with Gasteiger partial charge in [-0.25, -0.2) is 8.42 Å². The zero-order chi connectivity index (χ0) is 22.2. The lowest BCUT2D eigenvalue weighted by atomic mass is 9.99. The van der Waals surface area contributed by atoms with Crippen molar-refractivity contribution in [2.75, 3.05) is 32.2 Å². The Morgan fingerprint density at radius 3 is 2.39 bits per heavy atom. The second-order valence-corrected chi connectivity index (χ2v) is 10.1. The van der Waals surface area contributed by atoms with Crippen LogP contribution in [0.2, 0.25) is 0 Å². The molecule has 0 radical (unpaired) electrons. The van der Waals surface area contributed by atoms with Gasteiger partial charge in [0.25, 0.3) is 0 Å². The van der Waals surface area contributed by atoms with Crippen molar-refractivity contribution >= 4 is 26.4 Å². The summed E-state index contributed by atoms with van der Waals surface area (Å²) in [6.07, 6.45) is 3.64. The van der Waals surface area contributed by atoms with Crippen LogP contribution in [0.4, 0.5) is 5.69 Å². The van der Waals surface area contributed by atoms with E-state index in [0.717, 1.165) is 36.9 Å². The number of hydrogen-bond donors (Lipinski definition) is 0. The molecule has 4 rings (SSSR count). The molecular formula is C24H28N2O4S. The summed E-state index contributed by atoms with van der Waals surface area (Å²) in [6.45, 7) is 5.74. The number of aryl methyl sites for hydroxylation is 1. The molecule has 0 N–H and O–H groups in total. The number of rotatable bonds is 5. The lowest BCUT2D eigenvalue weighted by molar-refractivity contribution is 0.355. The fraction of sp³-hybridized carbons (Fsp3) is 0.375. The Kier molecular flexibility index (Phi) is 5.79. The normalized spacial score (nSPS) is 17.0. The summed E-state index contributed by atoms with van der Waals surface area (Å²) in [5, 5.41) is 0.750. The van der Waals surface area contributed by atoms with Gasteiger partial charge in [-0.3, -0.25) is 4.98 Å². The summed E-state index contributed by atoms with van der Waals surface area (Å²) in [4.78, 5) is 7.19. The number of benzene rings is 2. The molecule has 31 heavy (non-hydrogen) atoms. The smallest absolute Gasteiger partial charge is 0.210 e. The van der Waals surface area contributed by atoms with Crippen molar-refractivity contribution in [2.45, 2.75) is 36.5 Å². The van der Waals surface area contributed by atoms with Crippen LogP contribution in [0.5, 0.6) is 11.5 Å². The van der Waals surface area contributed by atoms with Gasteiger partial charge in [0.1, 0.15) is 4.90 Å². The van der Waals surface area contributed by atoms with Crippen molar-refractivity contribution in [2.24, 2.45) is 5.92 Å². The Morgan fingerprint density at radius 1 is 1.06 bits per heavy atom. The minimum Gasteiger partial charge on any atom is -0.493 e. The van der Waals surface area contributed by atoms with Crippen molar-refractivity contribution in [1.29, 1.82) is 0 Å². The molecule has 1 saturated heterocycles. The summed E-state index contributed by atoms with van der Waals surface area (Å²) >= 11 is 0. The van der Waals surface area contributed by atoms with Gasteiger partial charge < -0.3 is 14.4 Å². The third-order valence-electron chi connectivity index (χ3n) is 5.91. The van der Waals surface area contributed by atoms with Crippen molar-refractivity contribution in [1.82, 2.24) is 4.98 Å². The minimum absolute atomic E-state index is 0.227. The summed E-state index contributed by atoms with van der Waals surface area (Å²) in [6, 6.07) is 10.6. The Balaban J connectivity index is 2.00. The third kappa shape index (κ3) is 3.94. The molecule has 2 aromatic carbocycles. The number of nitrogens with zero attached hydrogens (tertiary/aromatic N) is 2. The lowest BCUT2D eigenvalue weighted by Gasteiger charge is -2.34. The van der Waals surface area contributed by atoms with Gasteiger partial charge in [0.2, 0.25) is 9.84 Å². The van der Waals surface area contributed by atoms with Gasteiger partial charge in [-0.15, -0.1) is 0 Å². The van der Waals surface area contributed by atoms with E-state index in [-0.39, 0.29) is 9.79 Å². The molecule has 7 heteroatoms. The molecule has 0 spiro atoms. The number of pyridine rings is 1. The van der Waals surface area contributed by atoms with Crippen molar-refractivity contribution < 1.29 is 17.9 Å². The van der Waals surface area contributed by atoms with Crippen molar-refractivity contribution in [3.05, 3.63) is 48.2 Å². The number of anilines is 1. The highest BCUT2D eigenvalue weighted by atomic mass is 32.2. The van der Waals surface area contributed by atoms with Crippen LogP contribution in [0.1, 0.15) is 25.3 Å². The molecular weight excluding hydrogens is 412 g/mol. The SMILES string of the molecule is COc1cc2ncc(S(=O)(=O)c3ccc(C)cc3)c(N3CCC[C@H](C)C3)c2cc1OC. The highest BCUT2D eigenvalue weighted by Gasteiger charge is 2.29. The fourth-order valence-corrected chi connectivity index (χ4v) is 5.68. The minimum atomic E-state index is -3.76. The lowest BCUT2D eigenvalue weighted by Crippen LogP contribution is -2.35. The number of methoxy groups -OCH3 is 2. The maximum absolute atomic E-state index is 13.7. The number of aromatic nitrogens is 1. The summed E-state index contributed by atoms with van der Waals surface area (Å²) in [7, 11) is -0.604. The van der Waals surface area contributed by atoms with Crippen LogP contribution < -0.4 is 14.4 Å². The number of fused-ring (bicyclic) bond motifs is 1. The molecule has 1 aromatic heterocycles. The number of sulfone groups is 1. The molecule has 0 bridgehead atoms. The molecule has 0 aliphatic carbocycles. The maximum atomic E-state index is 13.7. The first-order chi connectivity index (χ1) is 14.8. The zero-order valence-electron chi connectivity index (χ0n) is 18.4. The van der Waals surface area contributed by atoms with Crippen LogP contribution in [0, 0.1) is 12.8 Å². The van der Waals surface area contributed by atoms with Gasteiger partial charge in [-0.05, 0) is 43.9 Å². The molecule has 1 atom stereocenters. The van der Waals surface area contributed by atoms with E-state index >= 15 is 0 Å². The first-order valence-corrected chi connectivity index (χ1v) is 11.9. The number of piperidine rings is 1. The Bertz CT molecular complexity index is 1210. The molecule has 1 fully saturated rings. The number of hydrogen-bond acceptors (Lipinski definition) is 6. The summed E-state index contributed by atoms with van der Waals surface area (Å²) in [5.41, 5.74) is 2.38. The fourth-order valence-electron chi connectivity index (χ4n) is 4.25. The van der Waals surface area contributed by atoms with Crippen molar-refractivity contribution in [3.8, 4) is 11.5 Å². The Morgan fingerprint density at radius 2 is 1.74 bits per heavy atom. The predicted molar refractivity (Wildman–Crippen MR) is 122 cm³/mol. The Hall–Kier alpha value is -2.80. The van der Waals surface area contributed by atoms with Gasteiger partial charge in [-0.1, -0.05) is 24.6 Å². The van der Waals surface area contributed by atoms with E-state index in [1.807, 2.05) is 25.1 Å². The van der Waals surface area contributed by atoms with Crippen LogP contribution in [0.15, 0.2) is 52.4 Å². The third-order valence-corrected chi connectivity index (χ3v) is 7.68. The first kappa shape index (κ1) is 21.4. The van der Waals surface area contributed by atoms with Crippen LogP contribution in [0.3, 0.4) is 0 Å². The highest BCUT2D eigenvalue weighted by Crippen LogP contribution is 2.41. The molecule has 0 amide bonds. The summed E-state index contributed by atoms with van der Waals surface area (Å²) < 4.78 is 38.3. The van der Waals surface area contributed by atoms with Gasteiger partial charge >= 0.3 is 0 Å². The molecule has 0 saturated carbocycles. The molecule has 164 valence electrons. The first-order valence-electron chi connectivity index (χ1n) is 10.5. The molecule has 1 aliphatic heterocycles. The van der Waals surface area contributed by atoms with E-state index in [1.165, 1.54) is 6.20 Å². The molecule has 0 unspecified atom stereocenters. The van der Waals surface area contributed by atoms with E-state index in [2.05, 4.69) is 16.8 Å². The van der Waals surface area contributed by atoms with E-state index in [1.54, 1.807) is 32.4 Å². The van der Waals surface area contributed by atoms with Crippen LogP contribution >= 0.6 is 0 Å². The quantitative estimate of drug-likeness (QED) is 0.576. The molecule has 1 aliphatic rings. The van der Waals surface area contributed by atoms with E-state index in [0.29, 0.717) is 28.6 Å². The second kappa shape index (κ2) is 8.38. The van der Waals surface area contributed by atoms with E-state index in [4.69, 9.17) is 9.47 Å².